The summed E-state index contributed by atoms with van der Waals surface area (Å²) in [5, 5.41) is 24.6. The molecule has 5 aromatic carbocycles. The molecule has 0 spiro atoms. The molecule has 10 N–H and O–H groups in total. The molecule has 19 nitrogen and oxygen atoms in total. The number of benzene rings is 5. The van der Waals surface area contributed by atoms with Crippen LogP contribution in [0.2, 0.25) is 0 Å². The predicted molar refractivity (Wildman–Crippen MR) is 351 cm³/mol. The maximum Gasteiger partial charge on any atom is 0.420 e. The van der Waals surface area contributed by atoms with Crippen LogP contribution in [0.15, 0.2) is 149 Å². The number of rotatable bonds is 6. The summed E-state index contributed by atoms with van der Waals surface area (Å²) in [6, 6.07) is 39.1. The lowest BCUT2D eigenvalue weighted by Crippen LogP contribution is -2.40. The van der Waals surface area contributed by atoms with Crippen LogP contribution in [0, 0.1) is 11.8 Å². The standard InChI is InChI=1S/C14H17NO2.2C13H16N2O2.C13H19NO.C11H19NO3.C6H7NO/c1-10-6-8-11(9-7-10)15-12-4-2-3-5-13(12)17-14(15)16;2*14-9-5-7-10(8-6-9)15-11-3-1-2-4-12(11)17-13(15)16;1-10-6-8-11(9-7-10)14-12-4-2-3-5-13(12)15;1-11(2,3)15-10(14)12-8-4-6-9(13)7-5-8;7-5-3-1-2-4-6(5)8/h2-5,10-11H,6-9H2,1H3;2*1-4,9-10H,5-8,14H2;2-5,10-11,14-15H,6-9H2,1H3;8H,4-7H2,1-3H3,(H,12,14);1-4,8H,7H2. The number of anilines is 2. The number of alkyl carbamates (subject to hydrolysis) is 1. The summed E-state index contributed by atoms with van der Waals surface area (Å²) < 4.78 is 26.4. The van der Waals surface area contributed by atoms with E-state index < -0.39 is 5.60 Å². The lowest BCUT2D eigenvalue weighted by molar-refractivity contribution is -0.120. The summed E-state index contributed by atoms with van der Waals surface area (Å²) in [6.45, 7) is 10.1. The van der Waals surface area contributed by atoms with E-state index in [4.69, 9.17) is 40.3 Å². The molecule has 13 rings (SSSR count). The Kier molecular flexibility index (Phi) is 24.0. The van der Waals surface area contributed by atoms with Gasteiger partial charge in [0.25, 0.3) is 0 Å². The Balaban J connectivity index is 0.000000140. The number of nitrogens with zero attached hydrogens (tertiary/aromatic N) is 3. The van der Waals surface area contributed by atoms with E-state index in [1.54, 1.807) is 39.5 Å². The van der Waals surface area contributed by atoms with E-state index in [1.165, 1.54) is 38.5 Å². The lowest BCUT2D eigenvalue weighted by Gasteiger charge is -2.27. The number of oxazole rings is 3. The third-order valence-electron chi connectivity index (χ3n) is 17.6. The highest BCUT2D eigenvalue weighted by atomic mass is 16.6. The SMILES string of the molecule is CC(C)(C)OC(=O)NC1CCC(=O)CC1.CC1CCC(Nc2ccccc2O)CC1.CC1CCC(n2c(=O)oc3ccccc32)CC1.NC1CCC(n2c(=O)oc3ccccc32)CC1.NC1CCC(n2c(=O)oc3ccccc32)CC1.Nc1ccccc1O. The van der Waals surface area contributed by atoms with Crippen molar-refractivity contribution in [1.82, 2.24) is 19.0 Å². The molecular weight excluding hydrogens is 1130 g/mol. The number of carbonyl (C=O) groups is 2. The molecule has 89 heavy (non-hydrogen) atoms. The van der Waals surface area contributed by atoms with Crippen molar-refractivity contribution in [2.45, 2.75) is 211 Å². The van der Waals surface area contributed by atoms with Crippen LogP contribution in [0.25, 0.3) is 33.3 Å². The average molecular weight is 1220 g/mol. The van der Waals surface area contributed by atoms with Crippen molar-refractivity contribution in [1.29, 1.82) is 0 Å². The van der Waals surface area contributed by atoms with Gasteiger partial charge in [-0.25, -0.2) is 19.2 Å². The van der Waals surface area contributed by atoms with Crippen LogP contribution in [0.4, 0.5) is 16.2 Å². The van der Waals surface area contributed by atoms with Crippen LogP contribution in [0.1, 0.15) is 181 Å². The van der Waals surface area contributed by atoms with Crippen molar-refractivity contribution in [2.75, 3.05) is 11.1 Å². The molecule has 0 atom stereocenters. The number of fused-ring (bicyclic) bond motifs is 3. The van der Waals surface area contributed by atoms with E-state index in [1.807, 2.05) is 116 Å². The van der Waals surface area contributed by atoms with E-state index >= 15 is 0 Å². The second-order valence-electron chi connectivity index (χ2n) is 25.8. The van der Waals surface area contributed by atoms with Gasteiger partial charge in [-0.05, 0) is 209 Å². The zero-order valence-corrected chi connectivity index (χ0v) is 52.5. The monoisotopic (exact) mass is 1220 g/mol. The zero-order chi connectivity index (χ0) is 63.6. The van der Waals surface area contributed by atoms with Gasteiger partial charge in [0.15, 0.2) is 16.7 Å². The Morgan fingerprint density at radius 2 is 0.843 bits per heavy atom. The maximum absolute atomic E-state index is 11.9. The Bertz CT molecular complexity index is 3400. The van der Waals surface area contributed by atoms with E-state index in [0.717, 1.165) is 111 Å². The number of phenolic OH excluding ortho intramolecular Hbond substituents is 2. The third-order valence-corrected chi connectivity index (χ3v) is 17.6. The molecule has 3 aromatic heterocycles. The largest absolute Gasteiger partial charge is 0.506 e. The number of ether oxygens (including phenoxy) is 1. The smallest absolute Gasteiger partial charge is 0.420 e. The molecule has 3 heterocycles. The predicted octanol–water partition coefficient (Wildman–Crippen LogP) is 13.8. The number of hydrogen-bond acceptors (Lipinski definition) is 15. The second kappa shape index (κ2) is 31.9. The molecule has 5 aliphatic rings. The minimum atomic E-state index is -0.464. The molecule has 0 saturated heterocycles. The van der Waals surface area contributed by atoms with Crippen molar-refractivity contribution >= 4 is 56.6 Å². The zero-order valence-electron chi connectivity index (χ0n) is 52.5. The summed E-state index contributed by atoms with van der Waals surface area (Å²) >= 11 is 0. The highest BCUT2D eigenvalue weighted by Crippen LogP contribution is 2.35. The fraction of sp³-hybridized carbons (Fsp3) is 0.500. The molecule has 480 valence electrons. The summed E-state index contributed by atoms with van der Waals surface area (Å²) in [6.07, 6.45) is 19.6. The van der Waals surface area contributed by atoms with E-state index in [9.17, 15) is 29.1 Å². The number of nitrogens with one attached hydrogen (secondary N) is 2. The number of carbonyl (C=O) groups excluding carboxylic acids is 2. The number of nitrogens with two attached hydrogens (primary N) is 3. The molecule has 5 fully saturated rings. The summed E-state index contributed by atoms with van der Waals surface area (Å²) in [4.78, 5) is 58.1. The molecule has 1 amide bonds. The Hall–Kier alpha value is -8.03. The maximum atomic E-state index is 11.9. The number of phenols is 2. The number of nitrogen functional groups attached to an aromatic ring is 1. The van der Waals surface area contributed by atoms with Gasteiger partial charge >= 0.3 is 23.4 Å². The van der Waals surface area contributed by atoms with E-state index in [0.29, 0.717) is 65.2 Å². The van der Waals surface area contributed by atoms with Crippen molar-refractivity contribution < 1.29 is 37.8 Å². The molecule has 19 heteroatoms. The van der Waals surface area contributed by atoms with Crippen molar-refractivity contribution in [3.63, 3.8) is 0 Å². The quantitative estimate of drug-likeness (QED) is 0.0602. The first-order chi connectivity index (χ1) is 42.7. The fourth-order valence-electron chi connectivity index (χ4n) is 12.5. The molecule has 5 saturated carbocycles. The fourth-order valence-corrected chi connectivity index (χ4v) is 12.5. The summed E-state index contributed by atoms with van der Waals surface area (Å²) in [5.74, 6) is 1.76. The summed E-state index contributed by atoms with van der Waals surface area (Å²) in [5.41, 5.74) is 22.7. The van der Waals surface area contributed by atoms with Gasteiger partial charge in [-0.15, -0.1) is 0 Å². The average Bonchev–Trinajstić information content (AvgIpc) is 2.15. The molecule has 0 aliphatic heterocycles. The number of ketones is 1. The highest BCUT2D eigenvalue weighted by molar-refractivity contribution is 5.79. The number of aromatic hydroxyl groups is 2. The van der Waals surface area contributed by atoms with Crippen LogP contribution >= 0.6 is 0 Å². The van der Waals surface area contributed by atoms with Crippen molar-refractivity contribution in [3.8, 4) is 11.5 Å². The van der Waals surface area contributed by atoms with Gasteiger partial charge in [0, 0.05) is 55.1 Å². The third kappa shape index (κ3) is 19.5. The van der Waals surface area contributed by atoms with Gasteiger partial charge < -0.3 is 56.0 Å². The Morgan fingerprint density at radius 1 is 0.483 bits per heavy atom. The Labute approximate surface area is 521 Å². The first kappa shape index (κ1) is 66.9. The van der Waals surface area contributed by atoms with Crippen molar-refractivity contribution in [2.24, 2.45) is 23.3 Å². The van der Waals surface area contributed by atoms with Gasteiger partial charge in [-0.1, -0.05) is 74.5 Å². The first-order valence-electron chi connectivity index (χ1n) is 32.1. The normalized spacial score (nSPS) is 22.8. The van der Waals surface area contributed by atoms with Gasteiger partial charge in [-0.2, -0.15) is 0 Å². The van der Waals surface area contributed by atoms with Crippen LogP contribution in [0.3, 0.4) is 0 Å². The van der Waals surface area contributed by atoms with Crippen LogP contribution < -0.4 is 45.1 Å². The lowest BCUT2D eigenvalue weighted by atomic mass is 9.87. The molecular formula is C70H94N8O11. The number of Topliss-reactive ketones (excluding diaryl/α,β-unsaturated/α-hetero) is 1. The first-order valence-corrected chi connectivity index (χ1v) is 32.1. The number of aromatic nitrogens is 3. The van der Waals surface area contributed by atoms with Gasteiger partial charge in [0.1, 0.15) is 22.9 Å². The van der Waals surface area contributed by atoms with Crippen molar-refractivity contribution in [3.05, 3.63) is 153 Å². The Morgan fingerprint density at radius 3 is 1.22 bits per heavy atom. The molecule has 8 aromatic rings. The van der Waals surface area contributed by atoms with E-state index in [-0.39, 0.29) is 53.0 Å². The van der Waals surface area contributed by atoms with Crippen LogP contribution in [0.5, 0.6) is 11.5 Å². The van der Waals surface area contributed by atoms with Gasteiger partial charge in [-0.3, -0.25) is 18.5 Å². The minimum Gasteiger partial charge on any atom is -0.506 e. The highest BCUT2D eigenvalue weighted by Gasteiger charge is 2.28. The molecule has 0 unspecified atom stereocenters. The number of hydrogen-bond donors (Lipinski definition) is 7. The van der Waals surface area contributed by atoms with Gasteiger partial charge in [0.2, 0.25) is 0 Å². The van der Waals surface area contributed by atoms with E-state index in [2.05, 4.69) is 24.5 Å². The summed E-state index contributed by atoms with van der Waals surface area (Å²) in [7, 11) is 0. The van der Waals surface area contributed by atoms with Crippen LogP contribution in [-0.2, 0) is 9.53 Å². The molecule has 0 bridgehead atoms. The van der Waals surface area contributed by atoms with Gasteiger partial charge in [0.05, 0.1) is 27.9 Å². The second-order valence-corrected chi connectivity index (χ2v) is 25.8. The van der Waals surface area contributed by atoms with Crippen LogP contribution in [-0.4, -0.2) is 65.6 Å². The topological polar surface area (TPSA) is 291 Å². The molecule has 0 radical (unpaired) electrons. The minimum absolute atomic E-state index is 0.0950. The molecule has 5 aliphatic carbocycles. The number of para-hydroxylation sites is 10. The number of amides is 1.